The van der Waals surface area contributed by atoms with Gasteiger partial charge in [-0.25, -0.2) is 0 Å². The lowest BCUT2D eigenvalue weighted by molar-refractivity contribution is -0.123. The smallest absolute Gasteiger partial charge is 0.253 e. The van der Waals surface area contributed by atoms with Crippen molar-refractivity contribution in [3.63, 3.8) is 0 Å². The Bertz CT molecular complexity index is 845. The van der Waals surface area contributed by atoms with E-state index in [9.17, 15) is 9.59 Å². The maximum absolute atomic E-state index is 12.7. The van der Waals surface area contributed by atoms with Gasteiger partial charge in [-0.3, -0.25) is 9.59 Å². The van der Waals surface area contributed by atoms with Crippen LogP contribution in [0.15, 0.2) is 42.5 Å². The molecular weight excluding hydrogens is 328 g/mol. The molecule has 0 aromatic heterocycles. The van der Waals surface area contributed by atoms with E-state index in [0.717, 1.165) is 42.7 Å². The molecule has 1 atom stereocenters. The van der Waals surface area contributed by atoms with E-state index in [1.54, 1.807) is 4.90 Å². The van der Waals surface area contributed by atoms with Gasteiger partial charge in [0.1, 0.15) is 5.75 Å². The van der Waals surface area contributed by atoms with E-state index >= 15 is 0 Å². The Morgan fingerprint density at radius 2 is 1.85 bits per heavy atom. The number of nitrogens with two attached hydrogens (primary N) is 1. The predicted molar refractivity (Wildman–Crippen MR) is 98.9 cm³/mol. The van der Waals surface area contributed by atoms with Crippen molar-refractivity contribution in [3.05, 3.63) is 53.6 Å². The summed E-state index contributed by atoms with van der Waals surface area (Å²) in [7, 11) is 0. The zero-order chi connectivity index (χ0) is 18.1. The summed E-state index contributed by atoms with van der Waals surface area (Å²) in [6.45, 7) is 1.83. The third kappa shape index (κ3) is 3.17. The van der Waals surface area contributed by atoms with Crippen LogP contribution in [0, 0.1) is 5.92 Å². The number of hydrogen-bond acceptors (Lipinski definition) is 3. The fraction of sp³-hybridized carbons (Fsp3) is 0.333. The number of carbonyl (C=O) groups excluding carboxylic acids is 2. The molecule has 5 heteroatoms. The minimum atomic E-state index is -0.323. The number of primary amides is 1. The molecule has 134 valence electrons. The average molecular weight is 350 g/mol. The normalized spacial score (nSPS) is 18.9. The molecule has 0 saturated carbocycles. The highest BCUT2D eigenvalue weighted by Crippen LogP contribution is 2.31. The first-order chi connectivity index (χ1) is 12.6. The zero-order valence-corrected chi connectivity index (χ0v) is 14.6. The van der Waals surface area contributed by atoms with Crippen LogP contribution in [0.5, 0.6) is 5.75 Å². The quantitative estimate of drug-likeness (QED) is 0.925. The van der Waals surface area contributed by atoms with Crippen LogP contribution in [0.3, 0.4) is 0 Å². The van der Waals surface area contributed by atoms with E-state index < -0.39 is 0 Å². The molecule has 2 aliphatic rings. The van der Waals surface area contributed by atoms with Gasteiger partial charge < -0.3 is 15.4 Å². The van der Waals surface area contributed by atoms with Crippen molar-refractivity contribution in [1.82, 2.24) is 4.90 Å². The van der Waals surface area contributed by atoms with E-state index in [2.05, 4.69) is 18.2 Å². The fourth-order valence-electron chi connectivity index (χ4n) is 3.73. The van der Waals surface area contributed by atoms with Crippen molar-refractivity contribution < 1.29 is 14.3 Å². The standard InChI is InChI=1S/C21H22N2O3/c22-20(24)18-2-1-10-23(13-18)21(25)16-6-3-14(4-7-16)17-8-5-15-9-11-26-19(15)12-17/h3-8,12,18H,1-2,9-11,13H2,(H2,22,24). The summed E-state index contributed by atoms with van der Waals surface area (Å²) >= 11 is 0. The van der Waals surface area contributed by atoms with E-state index in [0.29, 0.717) is 18.7 Å². The summed E-state index contributed by atoms with van der Waals surface area (Å²) < 4.78 is 5.63. The maximum Gasteiger partial charge on any atom is 0.253 e. The topological polar surface area (TPSA) is 72.6 Å². The van der Waals surface area contributed by atoms with Gasteiger partial charge >= 0.3 is 0 Å². The van der Waals surface area contributed by atoms with Crippen LogP contribution in [0.4, 0.5) is 0 Å². The molecule has 2 amide bonds. The molecule has 26 heavy (non-hydrogen) atoms. The third-order valence-electron chi connectivity index (χ3n) is 5.27. The molecule has 2 N–H and O–H groups in total. The predicted octanol–water partition coefficient (Wildman–Crippen LogP) is 2.63. The fourth-order valence-corrected chi connectivity index (χ4v) is 3.73. The van der Waals surface area contributed by atoms with Crippen LogP contribution in [-0.4, -0.2) is 36.4 Å². The molecule has 4 rings (SSSR count). The number of amides is 2. The van der Waals surface area contributed by atoms with Crippen molar-refractivity contribution in [2.24, 2.45) is 11.7 Å². The molecule has 5 nitrogen and oxygen atoms in total. The lowest BCUT2D eigenvalue weighted by atomic mass is 9.96. The van der Waals surface area contributed by atoms with Crippen LogP contribution in [-0.2, 0) is 11.2 Å². The van der Waals surface area contributed by atoms with Crippen LogP contribution in [0.1, 0.15) is 28.8 Å². The van der Waals surface area contributed by atoms with Gasteiger partial charge in [-0.15, -0.1) is 0 Å². The number of hydrogen-bond donors (Lipinski definition) is 1. The number of benzene rings is 2. The Labute approximate surface area is 152 Å². The number of likely N-dealkylation sites (tertiary alicyclic amines) is 1. The van der Waals surface area contributed by atoms with Gasteiger partial charge in [0.2, 0.25) is 5.91 Å². The Balaban J connectivity index is 1.50. The lowest BCUT2D eigenvalue weighted by Gasteiger charge is -2.31. The molecule has 2 aliphatic heterocycles. The third-order valence-corrected chi connectivity index (χ3v) is 5.27. The minimum Gasteiger partial charge on any atom is -0.493 e. The summed E-state index contributed by atoms with van der Waals surface area (Å²) in [4.78, 5) is 25.9. The Morgan fingerprint density at radius 1 is 1.08 bits per heavy atom. The van der Waals surface area contributed by atoms with Crippen molar-refractivity contribution in [3.8, 4) is 16.9 Å². The van der Waals surface area contributed by atoms with Gasteiger partial charge in [0.25, 0.3) is 5.91 Å². The van der Waals surface area contributed by atoms with Gasteiger partial charge in [0.05, 0.1) is 12.5 Å². The van der Waals surface area contributed by atoms with Crippen molar-refractivity contribution in [2.45, 2.75) is 19.3 Å². The molecule has 0 radical (unpaired) electrons. The number of ether oxygens (including phenoxy) is 1. The molecule has 1 unspecified atom stereocenters. The van der Waals surface area contributed by atoms with E-state index in [1.165, 1.54) is 5.56 Å². The van der Waals surface area contributed by atoms with Crippen LogP contribution >= 0.6 is 0 Å². The van der Waals surface area contributed by atoms with E-state index in [1.807, 2.05) is 24.3 Å². The summed E-state index contributed by atoms with van der Waals surface area (Å²) in [6, 6.07) is 13.9. The highest BCUT2D eigenvalue weighted by Gasteiger charge is 2.27. The SMILES string of the molecule is NC(=O)C1CCCN(C(=O)c2ccc(-c3ccc4c(c3)OCC4)cc2)C1. The maximum atomic E-state index is 12.7. The van der Waals surface area contributed by atoms with E-state index in [4.69, 9.17) is 10.5 Å². The molecular formula is C21H22N2O3. The van der Waals surface area contributed by atoms with Crippen molar-refractivity contribution in [1.29, 1.82) is 0 Å². The van der Waals surface area contributed by atoms with Crippen LogP contribution in [0.25, 0.3) is 11.1 Å². The van der Waals surface area contributed by atoms with Gasteiger partial charge in [-0.2, -0.15) is 0 Å². The first-order valence-electron chi connectivity index (χ1n) is 9.06. The second kappa shape index (κ2) is 6.83. The molecule has 2 aromatic carbocycles. The average Bonchev–Trinajstić information content (AvgIpc) is 3.15. The summed E-state index contributed by atoms with van der Waals surface area (Å²) in [5.41, 5.74) is 9.41. The highest BCUT2D eigenvalue weighted by atomic mass is 16.5. The van der Waals surface area contributed by atoms with Gasteiger partial charge in [-0.05, 0) is 47.7 Å². The van der Waals surface area contributed by atoms with Gasteiger partial charge in [0, 0.05) is 25.1 Å². The van der Waals surface area contributed by atoms with Crippen LogP contribution < -0.4 is 10.5 Å². The lowest BCUT2D eigenvalue weighted by Crippen LogP contribution is -2.44. The Kier molecular flexibility index (Phi) is 4.37. The molecule has 0 spiro atoms. The summed E-state index contributed by atoms with van der Waals surface area (Å²) in [6.07, 6.45) is 2.54. The largest absolute Gasteiger partial charge is 0.493 e. The molecule has 1 saturated heterocycles. The monoisotopic (exact) mass is 350 g/mol. The highest BCUT2D eigenvalue weighted by molar-refractivity contribution is 5.95. The first kappa shape index (κ1) is 16.6. The summed E-state index contributed by atoms with van der Waals surface area (Å²) in [5.74, 6) is 0.350. The van der Waals surface area contributed by atoms with Gasteiger partial charge in [-0.1, -0.05) is 24.3 Å². The van der Waals surface area contributed by atoms with E-state index in [-0.39, 0.29) is 17.7 Å². The number of carbonyl (C=O) groups is 2. The molecule has 2 heterocycles. The molecule has 1 fully saturated rings. The van der Waals surface area contributed by atoms with Crippen LogP contribution in [0.2, 0.25) is 0 Å². The summed E-state index contributed by atoms with van der Waals surface area (Å²) in [5, 5.41) is 0. The number of piperidine rings is 1. The zero-order valence-electron chi connectivity index (χ0n) is 14.6. The Morgan fingerprint density at radius 3 is 2.62 bits per heavy atom. The van der Waals surface area contributed by atoms with Crippen molar-refractivity contribution in [2.75, 3.05) is 19.7 Å². The number of nitrogens with zero attached hydrogens (tertiary/aromatic N) is 1. The van der Waals surface area contributed by atoms with Gasteiger partial charge in [0.15, 0.2) is 0 Å². The van der Waals surface area contributed by atoms with Crippen molar-refractivity contribution >= 4 is 11.8 Å². The molecule has 2 aromatic rings. The molecule has 0 bridgehead atoms. The number of rotatable bonds is 3. The first-order valence-corrected chi connectivity index (χ1v) is 9.06. The minimum absolute atomic E-state index is 0.0419. The Hall–Kier alpha value is -2.82. The second-order valence-electron chi connectivity index (χ2n) is 6.99. The molecule has 0 aliphatic carbocycles. The number of fused-ring (bicyclic) bond motifs is 1. The second-order valence-corrected chi connectivity index (χ2v) is 6.99.